The average Bonchev–Trinajstić information content (AvgIpc) is 3.09. The lowest BCUT2D eigenvalue weighted by Crippen LogP contribution is -2.40. The second-order valence-corrected chi connectivity index (χ2v) is 7.18. The molecule has 0 heterocycles. The number of hydrogen-bond acceptors (Lipinski definition) is 1. The molecule has 2 nitrogen and oxygen atoms in total. The van der Waals surface area contributed by atoms with E-state index >= 15 is 0 Å². The fourth-order valence-corrected chi connectivity index (χ4v) is 4.35. The number of carbonyl (C=O) groups is 1. The SMILES string of the molecule is Cc1ccc(CCC(=O)NC(C)C2CC3CCC2C3)cc1. The minimum absolute atomic E-state index is 0.214. The number of carbonyl (C=O) groups excluding carboxylic acids is 1. The Labute approximate surface area is 128 Å². The van der Waals surface area contributed by atoms with E-state index < -0.39 is 0 Å². The summed E-state index contributed by atoms with van der Waals surface area (Å²) < 4.78 is 0. The van der Waals surface area contributed by atoms with Crippen molar-refractivity contribution in [3.63, 3.8) is 0 Å². The summed E-state index contributed by atoms with van der Waals surface area (Å²) in [5.74, 6) is 2.77. The van der Waals surface area contributed by atoms with E-state index in [1.165, 1.54) is 36.8 Å². The van der Waals surface area contributed by atoms with E-state index in [0.29, 0.717) is 12.5 Å². The lowest BCUT2D eigenvalue weighted by atomic mass is 9.84. The Kier molecular flexibility index (Phi) is 4.32. The molecule has 1 aromatic carbocycles. The van der Waals surface area contributed by atoms with Crippen LogP contribution in [0.2, 0.25) is 0 Å². The van der Waals surface area contributed by atoms with Gasteiger partial charge in [0.15, 0.2) is 0 Å². The third-order valence-corrected chi connectivity index (χ3v) is 5.59. The van der Waals surface area contributed by atoms with Crippen LogP contribution in [-0.4, -0.2) is 11.9 Å². The number of aryl methyl sites for hydroxylation is 2. The predicted octanol–water partition coefficient (Wildman–Crippen LogP) is 3.87. The fourth-order valence-electron chi connectivity index (χ4n) is 4.35. The Morgan fingerprint density at radius 3 is 2.62 bits per heavy atom. The van der Waals surface area contributed by atoms with Gasteiger partial charge in [-0.15, -0.1) is 0 Å². The topological polar surface area (TPSA) is 29.1 Å². The maximum absolute atomic E-state index is 12.1. The first-order valence-electron chi connectivity index (χ1n) is 8.46. The van der Waals surface area contributed by atoms with Crippen LogP contribution in [-0.2, 0) is 11.2 Å². The molecule has 4 atom stereocenters. The first-order valence-corrected chi connectivity index (χ1v) is 8.46. The van der Waals surface area contributed by atoms with Crippen molar-refractivity contribution in [2.45, 2.75) is 58.4 Å². The summed E-state index contributed by atoms with van der Waals surface area (Å²) in [6.45, 7) is 4.29. The molecular formula is C19H27NO. The Morgan fingerprint density at radius 2 is 2.00 bits per heavy atom. The highest BCUT2D eigenvalue weighted by Crippen LogP contribution is 2.49. The summed E-state index contributed by atoms with van der Waals surface area (Å²) >= 11 is 0. The summed E-state index contributed by atoms with van der Waals surface area (Å²) in [6, 6.07) is 8.84. The third-order valence-electron chi connectivity index (χ3n) is 5.59. The van der Waals surface area contributed by atoms with Crippen LogP contribution in [0.4, 0.5) is 0 Å². The van der Waals surface area contributed by atoms with Crippen molar-refractivity contribution in [2.75, 3.05) is 0 Å². The molecule has 2 saturated carbocycles. The maximum atomic E-state index is 12.1. The molecule has 1 amide bonds. The van der Waals surface area contributed by atoms with Crippen LogP contribution < -0.4 is 5.32 Å². The Bertz CT molecular complexity index is 493. The van der Waals surface area contributed by atoms with Gasteiger partial charge in [-0.25, -0.2) is 0 Å². The highest BCUT2D eigenvalue weighted by atomic mass is 16.1. The summed E-state index contributed by atoms with van der Waals surface area (Å²) in [4.78, 5) is 12.1. The van der Waals surface area contributed by atoms with E-state index in [0.717, 1.165) is 24.2 Å². The van der Waals surface area contributed by atoms with Crippen LogP contribution in [0.1, 0.15) is 50.2 Å². The Morgan fingerprint density at radius 1 is 1.24 bits per heavy atom. The number of nitrogens with one attached hydrogen (secondary N) is 1. The zero-order valence-corrected chi connectivity index (χ0v) is 13.3. The molecule has 2 aliphatic rings. The van der Waals surface area contributed by atoms with Gasteiger partial charge in [0.05, 0.1) is 0 Å². The molecule has 2 fully saturated rings. The number of hydrogen-bond donors (Lipinski definition) is 1. The van der Waals surface area contributed by atoms with Crippen molar-refractivity contribution in [2.24, 2.45) is 17.8 Å². The van der Waals surface area contributed by atoms with Gasteiger partial charge in [0, 0.05) is 12.5 Å². The van der Waals surface area contributed by atoms with Gasteiger partial charge < -0.3 is 5.32 Å². The molecule has 0 aliphatic heterocycles. The number of fused-ring (bicyclic) bond motifs is 2. The first kappa shape index (κ1) is 14.6. The Balaban J connectivity index is 1.44. The number of benzene rings is 1. The molecule has 1 aromatic rings. The second-order valence-electron chi connectivity index (χ2n) is 7.18. The highest BCUT2D eigenvalue weighted by Gasteiger charge is 2.41. The van der Waals surface area contributed by atoms with Crippen LogP contribution in [0.3, 0.4) is 0 Å². The van der Waals surface area contributed by atoms with Crippen molar-refractivity contribution in [1.82, 2.24) is 5.32 Å². The van der Waals surface area contributed by atoms with E-state index in [1.807, 2.05) is 0 Å². The number of rotatable bonds is 5. The maximum Gasteiger partial charge on any atom is 0.220 e. The van der Waals surface area contributed by atoms with Gasteiger partial charge in [0.2, 0.25) is 5.91 Å². The van der Waals surface area contributed by atoms with Crippen molar-refractivity contribution >= 4 is 5.91 Å². The van der Waals surface area contributed by atoms with Crippen LogP contribution in [0.25, 0.3) is 0 Å². The summed E-state index contributed by atoms with van der Waals surface area (Å²) in [5, 5.41) is 3.25. The summed E-state index contributed by atoms with van der Waals surface area (Å²) in [7, 11) is 0. The molecule has 4 unspecified atom stereocenters. The average molecular weight is 285 g/mol. The van der Waals surface area contributed by atoms with Crippen LogP contribution in [0.5, 0.6) is 0 Å². The third kappa shape index (κ3) is 3.48. The van der Waals surface area contributed by atoms with E-state index in [9.17, 15) is 4.79 Å². The van der Waals surface area contributed by atoms with Crippen LogP contribution in [0.15, 0.2) is 24.3 Å². The molecule has 0 aromatic heterocycles. The Hall–Kier alpha value is -1.31. The van der Waals surface area contributed by atoms with Crippen LogP contribution >= 0.6 is 0 Å². The standard InChI is InChI=1S/C19H27NO/c1-13-3-5-15(6-4-13)8-10-19(21)20-14(2)18-12-16-7-9-17(18)11-16/h3-6,14,16-18H,7-12H2,1-2H3,(H,20,21). The molecule has 2 bridgehead atoms. The molecule has 1 N–H and O–H groups in total. The van der Waals surface area contributed by atoms with Gasteiger partial charge in [0.1, 0.15) is 0 Å². The minimum atomic E-state index is 0.214. The zero-order chi connectivity index (χ0) is 14.8. The molecule has 0 saturated heterocycles. The highest BCUT2D eigenvalue weighted by molar-refractivity contribution is 5.76. The van der Waals surface area contributed by atoms with Crippen LogP contribution in [0, 0.1) is 24.7 Å². The van der Waals surface area contributed by atoms with Crippen molar-refractivity contribution in [3.8, 4) is 0 Å². The lowest BCUT2D eigenvalue weighted by molar-refractivity contribution is -0.122. The van der Waals surface area contributed by atoms with Gasteiger partial charge in [-0.3, -0.25) is 4.79 Å². The molecule has 0 radical (unpaired) electrons. The smallest absolute Gasteiger partial charge is 0.220 e. The summed E-state index contributed by atoms with van der Waals surface area (Å²) in [5.41, 5.74) is 2.52. The second kappa shape index (κ2) is 6.21. The van der Waals surface area contributed by atoms with Gasteiger partial charge in [0.25, 0.3) is 0 Å². The van der Waals surface area contributed by atoms with Crippen molar-refractivity contribution in [1.29, 1.82) is 0 Å². The van der Waals surface area contributed by atoms with E-state index in [4.69, 9.17) is 0 Å². The van der Waals surface area contributed by atoms with Crippen molar-refractivity contribution < 1.29 is 4.79 Å². The van der Waals surface area contributed by atoms with Gasteiger partial charge >= 0.3 is 0 Å². The first-order chi connectivity index (χ1) is 10.1. The van der Waals surface area contributed by atoms with Gasteiger partial charge in [-0.05, 0) is 62.8 Å². The van der Waals surface area contributed by atoms with Gasteiger partial charge in [-0.1, -0.05) is 36.2 Å². The molecular weight excluding hydrogens is 258 g/mol. The summed E-state index contributed by atoms with van der Waals surface area (Å²) in [6.07, 6.45) is 7.01. The largest absolute Gasteiger partial charge is 0.353 e. The van der Waals surface area contributed by atoms with Gasteiger partial charge in [-0.2, -0.15) is 0 Å². The molecule has 0 spiro atoms. The fraction of sp³-hybridized carbons (Fsp3) is 0.632. The monoisotopic (exact) mass is 285 g/mol. The van der Waals surface area contributed by atoms with E-state index in [2.05, 4.69) is 43.4 Å². The van der Waals surface area contributed by atoms with E-state index in [1.54, 1.807) is 0 Å². The molecule has 3 rings (SSSR count). The normalized spacial score (nSPS) is 28.6. The van der Waals surface area contributed by atoms with Crippen molar-refractivity contribution in [3.05, 3.63) is 35.4 Å². The molecule has 2 aliphatic carbocycles. The number of amides is 1. The van der Waals surface area contributed by atoms with E-state index in [-0.39, 0.29) is 5.91 Å². The quantitative estimate of drug-likeness (QED) is 0.874. The molecule has 114 valence electrons. The lowest BCUT2D eigenvalue weighted by Gasteiger charge is -2.28. The molecule has 2 heteroatoms. The zero-order valence-electron chi connectivity index (χ0n) is 13.3. The minimum Gasteiger partial charge on any atom is -0.353 e. The predicted molar refractivity (Wildman–Crippen MR) is 86.0 cm³/mol. The molecule has 21 heavy (non-hydrogen) atoms.